The molecule has 0 aliphatic heterocycles. The van der Waals surface area contributed by atoms with E-state index < -0.39 is 9.84 Å². The maximum absolute atomic E-state index is 12.3. The Morgan fingerprint density at radius 1 is 1.04 bits per heavy atom. The molecule has 0 bridgehead atoms. The van der Waals surface area contributed by atoms with E-state index in [1.165, 1.54) is 36.1 Å². The van der Waals surface area contributed by atoms with Gasteiger partial charge in [0.2, 0.25) is 5.91 Å². The molecule has 0 unspecified atom stereocenters. The lowest BCUT2D eigenvalue weighted by atomic mass is 9.90. The zero-order valence-corrected chi connectivity index (χ0v) is 14.5. The Morgan fingerprint density at radius 3 is 2.54 bits per heavy atom. The first-order valence-electron chi connectivity index (χ1n) is 8.12. The van der Waals surface area contributed by atoms with E-state index in [0.717, 1.165) is 24.7 Å². The molecule has 0 radical (unpaired) electrons. The molecule has 0 aromatic heterocycles. The van der Waals surface area contributed by atoms with Crippen molar-refractivity contribution in [3.05, 3.63) is 59.2 Å². The number of fused-ring (bicyclic) bond motifs is 1. The Morgan fingerprint density at radius 2 is 1.79 bits per heavy atom. The van der Waals surface area contributed by atoms with E-state index in [2.05, 4.69) is 17.4 Å². The van der Waals surface area contributed by atoms with Gasteiger partial charge < -0.3 is 5.32 Å². The van der Waals surface area contributed by atoms with Crippen LogP contribution in [0.3, 0.4) is 0 Å². The number of rotatable bonds is 4. The molecule has 126 valence electrons. The van der Waals surface area contributed by atoms with Crippen molar-refractivity contribution < 1.29 is 13.2 Å². The molecule has 4 nitrogen and oxygen atoms in total. The summed E-state index contributed by atoms with van der Waals surface area (Å²) in [4.78, 5) is 12.5. The Kier molecular flexibility index (Phi) is 4.71. The van der Waals surface area contributed by atoms with Gasteiger partial charge in [0.25, 0.3) is 0 Å². The van der Waals surface area contributed by atoms with Gasteiger partial charge in [0.05, 0.1) is 11.3 Å². The standard InChI is InChI=1S/C19H21NO3S/c1-24(22,23)18-8-4-7-17(13-18)20-19(21)12-14-9-10-15-5-2-3-6-16(15)11-14/h4,7-11,13H,2-3,5-6,12H2,1H3,(H,20,21). The predicted octanol–water partition coefficient (Wildman–Crippen LogP) is 3.15. The molecule has 0 heterocycles. The summed E-state index contributed by atoms with van der Waals surface area (Å²) in [5, 5.41) is 2.78. The second-order valence-corrected chi connectivity index (χ2v) is 8.35. The molecule has 0 fully saturated rings. The molecule has 2 aromatic rings. The van der Waals surface area contributed by atoms with Gasteiger partial charge in [-0.2, -0.15) is 0 Å². The number of benzene rings is 2. The molecule has 0 saturated heterocycles. The molecular formula is C19H21NO3S. The third-order valence-electron chi connectivity index (χ3n) is 4.32. The van der Waals surface area contributed by atoms with Crippen LogP contribution >= 0.6 is 0 Å². The zero-order chi connectivity index (χ0) is 17.2. The third-order valence-corrected chi connectivity index (χ3v) is 5.43. The number of hydrogen-bond acceptors (Lipinski definition) is 3. The van der Waals surface area contributed by atoms with Gasteiger partial charge in [-0.3, -0.25) is 4.79 Å². The van der Waals surface area contributed by atoms with Gasteiger partial charge in [0.15, 0.2) is 9.84 Å². The number of anilines is 1. The Labute approximate surface area is 142 Å². The average molecular weight is 343 g/mol. The number of carbonyl (C=O) groups is 1. The minimum atomic E-state index is -3.28. The molecule has 1 aliphatic carbocycles. The van der Waals surface area contributed by atoms with Crippen molar-refractivity contribution in [2.45, 2.75) is 37.0 Å². The highest BCUT2D eigenvalue weighted by Crippen LogP contribution is 2.22. The fourth-order valence-electron chi connectivity index (χ4n) is 3.09. The second kappa shape index (κ2) is 6.77. The Balaban J connectivity index is 1.70. The van der Waals surface area contributed by atoms with Crippen LogP contribution in [0.25, 0.3) is 0 Å². The van der Waals surface area contributed by atoms with Gasteiger partial charge in [-0.15, -0.1) is 0 Å². The van der Waals surface area contributed by atoms with Gasteiger partial charge in [-0.25, -0.2) is 8.42 Å². The van der Waals surface area contributed by atoms with Crippen LogP contribution in [0.15, 0.2) is 47.4 Å². The van der Waals surface area contributed by atoms with E-state index in [4.69, 9.17) is 0 Å². The van der Waals surface area contributed by atoms with Gasteiger partial charge in [-0.1, -0.05) is 24.3 Å². The van der Waals surface area contributed by atoms with E-state index in [0.29, 0.717) is 5.69 Å². The summed E-state index contributed by atoms with van der Waals surface area (Å²) in [5.41, 5.74) is 4.24. The lowest BCUT2D eigenvalue weighted by Gasteiger charge is -2.16. The highest BCUT2D eigenvalue weighted by atomic mass is 32.2. The minimum absolute atomic E-state index is 0.142. The third kappa shape index (κ3) is 4.03. The largest absolute Gasteiger partial charge is 0.326 e. The molecule has 0 saturated carbocycles. The normalized spacial score (nSPS) is 14.0. The predicted molar refractivity (Wildman–Crippen MR) is 95.0 cm³/mol. The first kappa shape index (κ1) is 16.7. The topological polar surface area (TPSA) is 63.2 Å². The van der Waals surface area contributed by atoms with Crippen LogP contribution in [0.5, 0.6) is 0 Å². The summed E-state index contributed by atoms with van der Waals surface area (Å²) < 4.78 is 23.2. The van der Waals surface area contributed by atoms with Gasteiger partial charge in [0.1, 0.15) is 0 Å². The summed E-state index contributed by atoms with van der Waals surface area (Å²) in [6.45, 7) is 0. The highest BCUT2D eigenvalue weighted by Gasteiger charge is 2.12. The number of nitrogens with one attached hydrogen (secondary N) is 1. The summed E-state index contributed by atoms with van der Waals surface area (Å²) >= 11 is 0. The highest BCUT2D eigenvalue weighted by molar-refractivity contribution is 7.90. The number of aryl methyl sites for hydroxylation is 2. The molecule has 24 heavy (non-hydrogen) atoms. The lowest BCUT2D eigenvalue weighted by molar-refractivity contribution is -0.115. The number of amides is 1. The summed E-state index contributed by atoms with van der Waals surface area (Å²) in [5.74, 6) is -0.142. The molecule has 1 aliphatic rings. The Hall–Kier alpha value is -2.14. The number of sulfone groups is 1. The molecule has 1 N–H and O–H groups in total. The zero-order valence-electron chi connectivity index (χ0n) is 13.7. The van der Waals surface area contributed by atoms with Crippen molar-refractivity contribution in [1.29, 1.82) is 0 Å². The van der Waals surface area contributed by atoms with Crippen molar-refractivity contribution >= 4 is 21.4 Å². The van der Waals surface area contributed by atoms with Crippen LogP contribution in [0.4, 0.5) is 5.69 Å². The van der Waals surface area contributed by atoms with Crippen LogP contribution in [-0.2, 0) is 33.9 Å². The maximum atomic E-state index is 12.3. The minimum Gasteiger partial charge on any atom is -0.326 e. The molecule has 0 atom stereocenters. The van der Waals surface area contributed by atoms with Crippen LogP contribution < -0.4 is 5.32 Å². The molecule has 5 heteroatoms. The number of hydrogen-bond donors (Lipinski definition) is 1. The number of carbonyl (C=O) groups excluding carboxylic acids is 1. The maximum Gasteiger partial charge on any atom is 0.228 e. The van der Waals surface area contributed by atoms with Crippen molar-refractivity contribution in [3.8, 4) is 0 Å². The van der Waals surface area contributed by atoms with Crippen LogP contribution in [0.2, 0.25) is 0 Å². The quantitative estimate of drug-likeness (QED) is 0.927. The molecule has 1 amide bonds. The van der Waals surface area contributed by atoms with E-state index in [1.54, 1.807) is 12.1 Å². The van der Waals surface area contributed by atoms with Crippen molar-refractivity contribution in [2.24, 2.45) is 0 Å². The average Bonchev–Trinajstić information content (AvgIpc) is 2.54. The fraction of sp³-hybridized carbons (Fsp3) is 0.316. The van der Waals surface area contributed by atoms with Gasteiger partial charge in [-0.05, 0) is 60.6 Å². The van der Waals surface area contributed by atoms with E-state index in [-0.39, 0.29) is 17.2 Å². The second-order valence-electron chi connectivity index (χ2n) is 6.34. The summed E-state index contributed by atoms with van der Waals surface area (Å²) in [6, 6.07) is 12.6. The van der Waals surface area contributed by atoms with Crippen LogP contribution in [0, 0.1) is 0 Å². The van der Waals surface area contributed by atoms with Crippen molar-refractivity contribution in [1.82, 2.24) is 0 Å². The Bertz CT molecular complexity index is 872. The van der Waals surface area contributed by atoms with Gasteiger partial charge in [0, 0.05) is 11.9 Å². The van der Waals surface area contributed by atoms with Gasteiger partial charge >= 0.3 is 0 Å². The van der Waals surface area contributed by atoms with Crippen LogP contribution in [-0.4, -0.2) is 20.6 Å². The molecular weight excluding hydrogens is 322 g/mol. The lowest BCUT2D eigenvalue weighted by Crippen LogP contribution is -2.15. The fourth-order valence-corrected chi connectivity index (χ4v) is 3.76. The summed E-state index contributed by atoms with van der Waals surface area (Å²) in [7, 11) is -3.28. The molecule has 0 spiro atoms. The molecule has 3 rings (SSSR count). The van der Waals surface area contributed by atoms with Crippen molar-refractivity contribution in [2.75, 3.05) is 11.6 Å². The van der Waals surface area contributed by atoms with E-state index in [1.807, 2.05) is 6.07 Å². The van der Waals surface area contributed by atoms with Crippen molar-refractivity contribution in [3.63, 3.8) is 0 Å². The smallest absolute Gasteiger partial charge is 0.228 e. The first-order valence-corrected chi connectivity index (χ1v) is 10.0. The van der Waals surface area contributed by atoms with E-state index in [9.17, 15) is 13.2 Å². The monoisotopic (exact) mass is 343 g/mol. The van der Waals surface area contributed by atoms with E-state index >= 15 is 0 Å². The molecule has 2 aromatic carbocycles. The first-order chi connectivity index (χ1) is 11.4. The summed E-state index contributed by atoms with van der Waals surface area (Å²) in [6.07, 6.45) is 6.10. The van der Waals surface area contributed by atoms with Crippen LogP contribution in [0.1, 0.15) is 29.5 Å². The SMILES string of the molecule is CS(=O)(=O)c1cccc(NC(=O)Cc2ccc3c(c2)CCCC3)c1.